The molecule has 12 aromatic rings. The fourth-order valence-electron chi connectivity index (χ4n) is 9.03. The van der Waals surface area contributed by atoms with Gasteiger partial charge in [0.25, 0.3) is 0 Å². The van der Waals surface area contributed by atoms with Crippen LogP contribution in [0.3, 0.4) is 0 Å². The highest BCUT2D eigenvalue weighted by molar-refractivity contribution is 6.14. The standard InChI is InChI=1S/C54H34N2O2/c1-2-17-36(18-3-1)55(37-19-14-16-35(32-37)39-25-15-26-45-43-23-7-12-30-51(43)57-53(39)45)38-33-46(54-47(34-38)44-24-8-13-31-52(44)58-54)42-22-6-11-29-50(42)56-48-27-9-4-20-40(48)41-21-5-10-28-49(41)56/h1-34H. The van der Waals surface area contributed by atoms with Crippen molar-refractivity contribution in [3.8, 4) is 27.9 Å². The van der Waals surface area contributed by atoms with Crippen LogP contribution >= 0.6 is 0 Å². The van der Waals surface area contributed by atoms with E-state index in [-0.39, 0.29) is 0 Å². The molecule has 3 aromatic heterocycles. The number of nitrogens with zero attached hydrogens (tertiary/aromatic N) is 2. The van der Waals surface area contributed by atoms with Crippen molar-refractivity contribution in [3.05, 3.63) is 206 Å². The van der Waals surface area contributed by atoms with Crippen molar-refractivity contribution in [2.24, 2.45) is 0 Å². The quantitative estimate of drug-likeness (QED) is 0.170. The van der Waals surface area contributed by atoms with Gasteiger partial charge in [-0.2, -0.15) is 0 Å². The topological polar surface area (TPSA) is 34.5 Å². The fourth-order valence-corrected chi connectivity index (χ4v) is 9.03. The van der Waals surface area contributed by atoms with Crippen molar-refractivity contribution in [2.45, 2.75) is 0 Å². The molecule has 0 aliphatic heterocycles. The van der Waals surface area contributed by atoms with Crippen LogP contribution in [0.15, 0.2) is 215 Å². The maximum atomic E-state index is 6.84. The Morgan fingerprint density at radius 2 is 0.862 bits per heavy atom. The molecule has 9 aromatic carbocycles. The monoisotopic (exact) mass is 742 g/mol. The molecule has 0 amide bonds. The molecule has 58 heavy (non-hydrogen) atoms. The van der Waals surface area contributed by atoms with Crippen LogP contribution in [0.4, 0.5) is 17.1 Å². The van der Waals surface area contributed by atoms with Gasteiger partial charge in [0.15, 0.2) is 0 Å². The summed E-state index contributed by atoms with van der Waals surface area (Å²) in [6.45, 7) is 0. The van der Waals surface area contributed by atoms with E-state index in [4.69, 9.17) is 8.83 Å². The minimum absolute atomic E-state index is 0.858. The first-order valence-electron chi connectivity index (χ1n) is 19.7. The zero-order chi connectivity index (χ0) is 38.2. The van der Waals surface area contributed by atoms with E-state index >= 15 is 0 Å². The molecule has 0 fully saturated rings. The lowest BCUT2D eigenvalue weighted by Gasteiger charge is -2.27. The van der Waals surface area contributed by atoms with Crippen LogP contribution < -0.4 is 4.90 Å². The number of anilines is 3. The lowest BCUT2D eigenvalue weighted by molar-refractivity contribution is 0.669. The molecule has 3 heterocycles. The Morgan fingerprint density at radius 3 is 1.60 bits per heavy atom. The van der Waals surface area contributed by atoms with Gasteiger partial charge >= 0.3 is 0 Å². The number of para-hydroxylation sites is 7. The summed E-state index contributed by atoms with van der Waals surface area (Å²) in [6, 6.07) is 73.1. The Labute approximate surface area is 334 Å². The molecule has 272 valence electrons. The zero-order valence-corrected chi connectivity index (χ0v) is 31.3. The van der Waals surface area contributed by atoms with Gasteiger partial charge in [-0.05, 0) is 72.3 Å². The van der Waals surface area contributed by atoms with Crippen molar-refractivity contribution in [2.75, 3.05) is 4.90 Å². The third-order valence-corrected chi connectivity index (χ3v) is 11.6. The van der Waals surface area contributed by atoms with E-state index in [0.29, 0.717) is 0 Å². The Kier molecular flexibility index (Phi) is 7.20. The summed E-state index contributed by atoms with van der Waals surface area (Å²) in [5, 5.41) is 6.82. The Bertz CT molecular complexity index is 3480. The molecule has 0 saturated heterocycles. The Balaban J connectivity index is 1.12. The molecule has 0 saturated carbocycles. The van der Waals surface area contributed by atoms with Crippen molar-refractivity contribution < 1.29 is 8.83 Å². The van der Waals surface area contributed by atoms with Gasteiger partial charge in [-0.25, -0.2) is 0 Å². The molecule has 0 aliphatic rings. The minimum Gasteiger partial charge on any atom is -0.455 e. The largest absolute Gasteiger partial charge is 0.455 e. The maximum Gasteiger partial charge on any atom is 0.143 e. The van der Waals surface area contributed by atoms with Crippen LogP contribution in [0.5, 0.6) is 0 Å². The highest BCUT2D eigenvalue weighted by atomic mass is 16.3. The van der Waals surface area contributed by atoms with Gasteiger partial charge in [0.2, 0.25) is 0 Å². The van der Waals surface area contributed by atoms with Crippen LogP contribution in [0.25, 0.3) is 93.6 Å². The molecule has 0 radical (unpaired) electrons. The van der Waals surface area contributed by atoms with E-state index in [2.05, 4.69) is 198 Å². The van der Waals surface area contributed by atoms with E-state index in [1.807, 2.05) is 18.2 Å². The molecule has 0 spiro atoms. The lowest BCUT2D eigenvalue weighted by atomic mass is 9.98. The first kappa shape index (κ1) is 32.4. The summed E-state index contributed by atoms with van der Waals surface area (Å²) in [6.07, 6.45) is 0. The molecule has 0 atom stereocenters. The molecule has 12 rings (SSSR count). The third kappa shape index (κ3) is 4.95. The first-order chi connectivity index (χ1) is 28.8. The van der Waals surface area contributed by atoms with Crippen molar-refractivity contribution in [1.29, 1.82) is 0 Å². The van der Waals surface area contributed by atoms with Gasteiger partial charge < -0.3 is 18.3 Å². The van der Waals surface area contributed by atoms with Gasteiger partial charge in [0.05, 0.1) is 16.7 Å². The van der Waals surface area contributed by atoms with E-state index in [0.717, 1.165) is 99.9 Å². The van der Waals surface area contributed by atoms with Gasteiger partial charge in [-0.15, -0.1) is 0 Å². The van der Waals surface area contributed by atoms with Gasteiger partial charge in [-0.1, -0.05) is 140 Å². The van der Waals surface area contributed by atoms with E-state index < -0.39 is 0 Å². The summed E-state index contributed by atoms with van der Waals surface area (Å²) in [5.74, 6) is 0. The molecular weight excluding hydrogens is 709 g/mol. The van der Waals surface area contributed by atoms with E-state index in [9.17, 15) is 0 Å². The number of benzene rings is 9. The molecule has 4 nitrogen and oxygen atoms in total. The third-order valence-electron chi connectivity index (χ3n) is 11.6. The lowest BCUT2D eigenvalue weighted by Crippen LogP contribution is -2.10. The van der Waals surface area contributed by atoms with Crippen LogP contribution in [0.1, 0.15) is 0 Å². The predicted octanol–water partition coefficient (Wildman–Crippen LogP) is 15.4. The summed E-state index contributed by atoms with van der Waals surface area (Å²) in [4.78, 5) is 2.36. The SMILES string of the molecule is c1ccc(N(c2cccc(-c3cccc4c3oc3ccccc34)c2)c2cc(-c3ccccc3-n3c4ccccc4c4ccccc43)c3oc4ccccc4c3c2)cc1. The number of aromatic nitrogens is 1. The predicted molar refractivity (Wildman–Crippen MR) is 241 cm³/mol. The highest BCUT2D eigenvalue weighted by Gasteiger charge is 2.23. The Hall–Kier alpha value is -7.82. The average molecular weight is 743 g/mol. The molecule has 0 bridgehead atoms. The van der Waals surface area contributed by atoms with E-state index in [1.165, 1.54) is 10.8 Å². The van der Waals surface area contributed by atoms with Gasteiger partial charge in [0, 0.05) is 66.1 Å². The van der Waals surface area contributed by atoms with Crippen LogP contribution in [-0.2, 0) is 0 Å². The fraction of sp³-hybridized carbons (Fsp3) is 0. The number of rotatable bonds is 6. The van der Waals surface area contributed by atoms with Crippen molar-refractivity contribution in [3.63, 3.8) is 0 Å². The Morgan fingerprint density at radius 1 is 0.328 bits per heavy atom. The summed E-state index contributed by atoms with van der Waals surface area (Å²) < 4.78 is 15.8. The number of fused-ring (bicyclic) bond motifs is 9. The number of hydrogen-bond acceptors (Lipinski definition) is 3. The second kappa shape index (κ2) is 12.9. The first-order valence-corrected chi connectivity index (χ1v) is 19.7. The van der Waals surface area contributed by atoms with Crippen molar-refractivity contribution in [1.82, 2.24) is 4.57 Å². The van der Waals surface area contributed by atoms with Crippen molar-refractivity contribution >= 4 is 82.7 Å². The molecule has 0 unspecified atom stereocenters. The number of hydrogen-bond donors (Lipinski definition) is 0. The molecule has 0 aliphatic carbocycles. The minimum atomic E-state index is 0.858. The zero-order valence-electron chi connectivity index (χ0n) is 31.3. The summed E-state index contributed by atoms with van der Waals surface area (Å²) in [5.41, 5.74) is 14.3. The van der Waals surface area contributed by atoms with Gasteiger partial charge in [0.1, 0.15) is 22.3 Å². The summed E-state index contributed by atoms with van der Waals surface area (Å²) in [7, 11) is 0. The normalized spacial score (nSPS) is 11.8. The second-order valence-electron chi connectivity index (χ2n) is 14.9. The smallest absolute Gasteiger partial charge is 0.143 e. The van der Waals surface area contributed by atoms with E-state index in [1.54, 1.807) is 0 Å². The molecule has 0 N–H and O–H groups in total. The second-order valence-corrected chi connectivity index (χ2v) is 14.9. The molecule has 4 heteroatoms. The number of furan rings is 2. The van der Waals surface area contributed by atoms with Crippen LogP contribution in [0.2, 0.25) is 0 Å². The average Bonchev–Trinajstić information content (AvgIpc) is 3.97. The maximum absolute atomic E-state index is 6.84. The van der Waals surface area contributed by atoms with Gasteiger partial charge in [-0.3, -0.25) is 0 Å². The molecular formula is C54H34N2O2. The highest BCUT2D eigenvalue weighted by Crippen LogP contribution is 2.46. The summed E-state index contributed by atoms with van der Waals surface area (Å²) >= 11 is 0. The van der Waals surface area contributed by atoms with Crippen LogP contribution in [-0.4, -0.2) is 4.57 Å². The van der Waals surface area contributed by atoms with Crippen LogP contribution in [0, 0.1) is 0 Å².